The zero-order valence-corrected chi connectivity index (χ0v) is 21.7. The summed E-state index contributed by atoms with van der Waals surface area (Å²) in [4.78, 5) is 19.2. The zero-order chi connectivity index (χ0) is 26.1. The zero-order valence-electron chi connectivity index (χ0n) is 21.7. The van der Waals surface area contributed by atoms with Crippen molar-refractivity contribution in [1.29, 1.82) is 0 Å². The number of halogens is 1. The number of nitrogens with zero attached hydrogens (tertiary/aromatic N) is 4. The maximum absolute atomic E-state index is 15.3. The normalized spacial score (nSPS) is 21.6. The number of hydrogen-bond acceptors (Lipinski definition) is 6. The molecule has 2 fully saturated rings. The van der Waals surface area contributed by atoms with Crippen molar-refractivity contribution in [3.8, 4) is 0 Å². The summed E-state index contributed by atoms with van der Waals surface area (Å²) in [6, 6.07) is 9.29. The highest BCUT2D eigenvalue weighted by atomic mass is 19.1. The van der Waals surface area contributed by atoms with E-state index in [4.69, 9.17) is 9.72 Å². The molecule has 3 aliphatic rings. The van der Waals surface area contributed by atoms with E-state index in [1.54, 1.807) is 6.20 Å². The van der Waals surface area contributed by atoms with Crippen LogP contribution >= 0.6 is 0 Å². The summed E-state index contributed by atoms with van der Waals surface area (Å²) in [7, 11) is 0. The number of para-hydroxylation sites is 1. The first-order valence-corrected chi connectivity index (χ1v) is 14.0. The van der Waals surface area contributed by atoms with Crippen LogP contribution in [0.4, 0.5) is 10.2 Å². The number of aryl methyl sites for hydroxylation is 2. The van der Waals surface area contributed by atoms with Crippen molar-refractivity contribution in [3.05, 3.63) is 53.3 Å². The lowest BCUT2D eigenvalue weighted by Gasteiger charge is -2.29. The molecule has 2 saturated heterocycles. The predicted octanol–water partition coefficient (Wildman–Crippen LogP) is 4.56. The number of pyridine rings is 1. The third-order valence-electron chi connectivity index (χ3n) is 8.39. The Morgan fingerprint density at radius 1 is 1.24 bits per heavy atom. The second kappa shape index (κ2) is 11.0. The summed E-state index contributed by atoms with van der Waals surface area (Å²) >= 11 is 0. The lowest BCUT2D eigenvalue weighted by Crippen LogP contribution is -2.35. The van der Waals surface area contributed by atoms with Crippen LogP contribution < -0.4 is 5.32 Å². The van der Waals surface area contributed by atoms with Crippen molar-refractivity contribution in [1.82, 2.24) is 19.7 Å². The summed E-state index contributed by atoms with van der Waals surface area (Å²) in [5.41, 5.74) is 3.92. The summed E-state index contributed by atoms with van der Waals surface area (Å²) < 4.78 is 22.6. The van der Waals surface area contributed by atoms with Gasteiger partial charge in [-0.25, -0.2) is 9.37 Å². The fraction of sp³-hybridized carbons (Fsp3) is 0.552. The third-order valence-corrected chi connectivity index (χ3v) is 8.39. The average molecular weight is 522 g/mol. The number of likely N-dealkylation sites (tertiary alicyclic amines) is 1. The standard InChI is InChI=1S/C29H36FN5O3/c30-25(9-2-1-7-22-11-10-19-6-4-13-31-28(19)33-22)21-12-14-34(16-21)27(29(36)37)24-8-3-5-20-15-32-35(26(20)24)23-17-38-18-23/h3,5,8,10-11,15,21,23,25,27H,1-2,4,6-7,9,12-14,16-18H2,(H,31,33)(H,36,37)/t21-,25+,27?/m1/s1. The molecule has 2 N–H and O–H groups in total. The molecule has 0 bridgehead atoms. The van der Waals surface area contributed by atoms with Gasteiger partial charge in [0.05, 0.1) is 31.0 Å². The summed E-state index contributed by atoms with van der Waals surface area (Å²) in [6.45, 7) is 3.16. The van der Waals surface area contributed by atoms with Gasteiger partial charge in [0.15, 0.2) is 0 Å². The molecule has 38 heavy (non-hydrogen) atoms. The van der Waals surface area contributed by atoms with Gasteiger partial charge < -0.3 is 15.2 Å². The van der Waals surface area contributed by atoms with Crippen molar-refractivity contribution in [3.63, 3.8) is 0 Å². The predicted molar refractivity (Wildman–Crippen MR) is 143 cm³/mol. The highest BCUT2D eigenvalue weighted by Gasteiger charge is 2.38. The van der Waals surface area contributed by atoms with Gasteiger partial charge in [0.2, 0.25) is 0 Å². The molecule has 0 amide bonds. The molecule has 9 heteroatoms. The number of anilines is 1. The number of rotatable bonds is 10. The largest absolute Gasteiger partial charge is 0.480 e. The molecule has 202 valence electrons. The van der Waals surface area contributed by atoms with Gasteiger partial charge in [-0.15, -0.1) is 0 Å². The van der Waals surface area contributed by atoms with Crippen molar-refractivity contribution >= 4 is 22.7 Å². The summed E-state index contributed by atoms with van der Waals surface area (Å²) in [5.74, 6) is -0.0406. The number of unbranched alkanes of at least 4 members (excludes halogenated alkanes) is 1. The molecule has 3 aromatic rings. The Balaban J connectivity index is 1.06. The van der Waals surface area contributed by atoms with Crippen molar-refractivity contribution in [2.45, 2.75) is 63.2 Å². The molecule has 3 aliphatic heterocycles. The fourth-order valence-corrected chi connectivity index (χ4v) is 6.21. The number of hydrogen-bond donors (Lipinski definition) is 2. The van der Waals surface area contributed by atoms with Gasteiger partial charge in [-0.2, -0.15) is 5.10 Å². The number of fused-ring (bicyclic) bond motifs is 2. The van der Waals surface area contributed by atoms with Crippen molar-refractivity contribution in [2.24, 2.45) is 5.92 Å². The Kier molecular flexibility index (Phi) is 7.30. The van der Waals surface area contributed by atoms with Crippen molar-refractivity contribution < 1.29 is 19.0 Å². The summed E-state index contributed by atoms with van der Waals surface area (Å²) in [5, 5.41) is 19.1. The minimum absolute atomic E-state index is 0.123. The Hall–Kier alpha value is -3.04. The van der Waals surface area contributed by atoms with Gasteiger partial charge in [-0.3, -0.25) is 14.4 Å². The quantitative estimate of drug-likeness (QED) is 0.378. The first-order chi connectivity index (χ1) is 18.6. The topological polar surface area (TPSA) is 92.5 Å². The van der Waals surface area contributed by atoms with E-state index in [2.05, 4.69) is 22.5 Å². The van der Waals surface area contributed by atoms with Crippen LogP contribution in [0.15, 0.2) is 36.5 Å². The monoisotopic (exact) mass is 521 g/mol. The van der Waals surface area contributed by atoms with Crippen LogP contribution in [0.1, 0.15) is 61.0 Å². The molecule has 0 saturated carbocycles. The Bertz CT molecular complexity index is 1290. The smallest absolute Gasteiger partial charge is 0.325 e. The van der Waals surface area contributed by atoms with E-state index in [1.165, 1.54) is 5.56 Å². The number of benzene rings is 1. The number of ether oxygens (including phenoxy) is 1. The van der Waals surface area contributed by atoms with Gasteiger partial charge in [0.25, 0.3) is 0 Å². The molecule has 2 aromatic heterocycles. The molecule has 1 aromatic carbocycles. The Morgan fingerprint density at radius 3 is 2.95 bits per heavy atom. The van der Waals surface area contributed by atoms with Crippen LogP contribution in [0.25, 0.3) is 10.9 Å². The van der Waals surface area contributed by atoms with Gasteiger partial charge in [-0.05, 0) is 56.7 Å². The molecule has 1 unspecified atom stereocenters. The van der Waals surface area contributed by atoms with Crippen LogP contribution in [-0.2, 0) is 22.4 Å². The molecular formula is C29H36FN5O3. The third kappa shape index (κ3) is 5.01. The second-order valence-corrected chi connectivity index (χ2v) is 11.0. The number of carboxylic acid groups (broad SMARTS) is 1. The first kappa shape index (κ1) is 25.2. The number of carbonyl (C=O) groups is 1. The maximum Gasteiger partial charge on any atom is 0.325 e. The molecular weight excluding hydrogens is 485 g/mol. The highest BCUT2D eigenvalue weighted by Crippen LogP contribution is 2.36. The minimum Gasteiger partial charge on any atom is -0.480 e. The average Bonchev–Trinajstić information content (AvgIpc) is 3.54. The maximum atomic E-state index is 15.3. The molecule has 5 heterocycles. The van der Waals surface area contributed by atoms with Gasteiger partial charge in [-0.1, -0.05) is 30.7 Å². The molecule has 8 nitrogen and oxygen atoms in total. The minimum atomic E-state index is -0.930. The molecule has 6 rings (SSSR count). The van der Waals surface area contributed by atoms with Gasteiger partial charge >= 0.3 is 5.97 Å². The van der Waals surface area contributed by atoms with Crippen LogP contribution in [0.3, 0.4) is 0 Å². The van der Waals surface area contributed by atoms with E-state index in [-0.39, 0.29) is 12.0 Å². The second-order valence-electron chi connectivity index (χ2n) is 11.0. The van der Waals surface area contributed by atoms with Crippen LogP contribution in [0.5, 0.6) is 0 Å². The molecule has 3 atom stereocenters. The number of alkyl halides is 1. The summed E-state index contributed by atoms with van der Waals surface area (Å²) in [6.07, 6.45) is 6.81. The number of carboxylic acids is 1. The van der Waals surface area contributed by atoms with E-state index in [1.807, 2.05) is 27.8 Å². The van der Waals surface area contributed by atoms with Crippen molar-refractivity contribution in [2.75, 3.05) is 38.2 Å². The van der Waals surface area contributed by atoms with Gasteiger partial charge in [0, 0.05) is 35.7 Å². The number of nitrogens with one attached hydrogen (secondary N) is 1. The van der Waals surface area contributed by atoms with E-state index < -0.39 is 18.2 Å². The lowest BCUT2D eigenvalue weighted by atomic mass is 9.97. The highest BCUT2D eigenvalue weighted by molar-refractivity contribution is 5.88. The number of aliphatic carboxylic acids is 1. The van der Waals surface area contributed by atoms with Gasteiger partial charge in [0.1, 0.15) is 18.0 Å². The Morgan fingerprint density at radius 2 is 2.13 bits per heavy atom. The van der Waals surface area contributed by atoms with E-state index in [9.17, 15) is 9.90 Å². The van der Waals surface area contributed by atoms with E-state index in [0.29, 0.717) is 39.1 Å². The van der Waals surface area contributed by atoms with Crippen LogP contribution in [0, 0.1) is 5.92 Å². The molecule has 0 spiro atoms. The van der Waals surface area contributed by atoms with E-state index >= 15 is 4.39 Å². The van der Waals surface area contributed by atoms with Crippen LogP contribution in [-0.4, -0.2) is 69.8 Å². The number of aromatic nitrogens is 3. The molecule has 0 radical (unpaired) electrons. The van der Waals surface area contributed by atoms with Crippen LogP contribution in [0.2, 0.25) is 0 Å². The molecule has 0 aliphatic carbocycles. The first-order valence-electron chi connectivity index (χ1n) is 14.0. The fourth-order valence-electron chi connectivity index (χ4n) is 6.21. The SMILES string of the molecule is O=C(O)C(c1cccc2cnn(C3COC3)c12)N1CC[C@@H]([C@@H](F)CCCCc2ccc3c(n2)NCCC3)C1. The Labute approximate surface area is 222 Å². The lowest BCUT2D eigenvalue weighted by molar-refractivity contribution is -0.143. The van der Waals surface area contributed by atoms with E-state index in [0.717, 1.165) is 66.6 Å².